The van der Waals surface area contributed by atoms with Gasteiger partial charge in [0.25, 0.3) is 0 Å². The van der Waals surface area contributed by atoms with Crippen LogP contribution in [0.15, 0.2) is 83.3 Å². The summed E-state index contributed by atoms with van der Waals surface area (Å²) in [6.07, 6.45) is 1.98. The van der Waals surface area contributed by atoms with Gasteiger partial charge in [0.05, 0.1) is 12.3 Å². The summed E-state index contributed by atoms with van der Waals surface area (Å²) < 4.78 is 0. The first-order chi connectivity index (χ1) is 12.9. The molecular formula is C22H23N3S. The van der Waals surface area contributed by atoms with Gasteiger partial charge in [0.15, 0.2) is 0 Å². The van der Waals surface area contributed by atoms with E-state index in [4.69, 9.17) is 0 Å². The topological polar surface area (TPSA) is 18.8 Å². The molecule has 2 heterocycles. The van der Waals surface area contributed by atoms with Crippen LogP contribution in [0.2, 0.25) is 0 Å². The van der Waals surface area contributed by atoms with Crippen LogP contribution in [0.5, 0.6) is 0 Å². The van der Waals surface area contributed by atoms with Crippen molar-refractivity contribution in [2.75, 3.05) is 26.2 Å². The Morgan fingerprint density at radius 1 is 0.769 bits per heavy atom. The third-order valence-electron chi connectivity index (χ3n) is 4.78. The van der Waals surface area contributed by atoms with Crippen LogP contribution in [0, 0.1) is 0 Å². The molecule has 1 aliphatic heterocycles. The van der Waals surface area contributed by atoms with Gasteiger partial charge in [0.2, 0.25) is 0 Å². The number of hydrazone groups is 1. The van der Waals surface area contributed by atoms with Gasteiger partial charge in [-0.15, -0.1) is 11.3 Å². The lowest BCUT2D eigenvalue weighted by Gasteiger charge is -2.38. The lowest BCUT2D eigenvalue weighted by atomic mass is 9.96. The first-order valence-electron chi connectivity index (χ1n) is 9.06. The van der Waals surface area contributed by atoms with E-state index in [1.165, 1.54) is 16.0 Å². The minimum absolute atomic E-state index is 0.306. The zero-order valence-electron chi connectivity index (χ0n) is 14.7. The van der Waals surface area contributed by atoms with E-state index >= 15 is 0 Å². The maximum atomic E-state index is 4.66. The normalized spacial score (nSPS) is 15.8. The Balaban J connectivity index is 1.48. The predicted molar refractivity (Wildman–Crippen MR) is 110 cm³/mol. The molecule has 1 fully saturated rings. The first-order valence-corrected chi connectivity index (χ1v) is 9.94. The van der Waals surface area contributed by atoms with Gasteiger partial charge >= 0.3 is 0 Å². The van der Waals surface area contributed by atoms with Crippen molar-refractivity contribution in [3.63, 3.8) is 0 Å². The molecular weight excluding hydrogens is 338 g/mol. The van der Waals surface area contributed by atoms with Crippen molar-refractivity contribution in [2.24, 2.45) is 5.10 Å². The van der Waals surface area contributed by atoms with Crippen LogP contribution in [0.3, 0.4) is 0 Å². The average Bonchev–Trinajstić information content (AvgIpc) is 3.23. The molecule has 0 radical (unpaired) electrons. The van der Waals surface area contributed by atoms with Crippen LogP contribution in [-0.2, 0) is 0 Å². The highest BCUT2D eigenvalue weighted by molar-refractivity contribution is 7.11. The summed E-state index contributed by atoms with van der Waals surface area (Å²) in [4.78, 5) is 3.78. The molecule has 0 N–H and O–H groups in total. The second-order valence-electron chi connectivity index (χ2n) is 6.47. The predicted octanol–water partition coefficient (Wildman–Crippen LogP) is 4.49. The fraction of sp³-hybridized carbons (Fsp3) is 0.227. The Kier molecular flexibility index (Phi) is 5.43. The fourth-order valence-corrected chi connectivity index (χ4v) is 4.05. The molecule has 3 aromatic rings. The molecule has 3 nitrogen and oxygen atoms in total. The summed E-state index contributed by atoms with van der Waals surface area (Å²) in [5.41, 5.74) is 2.71. The van der Waals surface area contributed by atoms with Gasteiger partial charge in [0.1, 0.15) is 0 Å². The largest absolute Gasteiger partial charge is 0.294 e. The maximum Gasteiger partial charge on any atom is 0.0642 e. The highest BCUT2D eigenvalue weighted by Gasteiger charge is 2.25. The molecule has 4 heteroatoms. The Labute approximate surface area is 159 Å². The molecule has 0 spiro atoms. The van der Waals surface area contributed by atoms with E-state index in [1.807, 2.05) is 6.21 Å². The highest BCUT2D eigenvalue weighted by Crippen LogP contribution is 2.29. The van der Waals surface area contributed by atoms with Crippen molar-refractivity contribution in [3.05, 3.63) is 94.2 Å². The number of nitrogens with zero attached hydrogens (tertiary/aromatic N) is 3. The van der Waals surface area contributed by atoms with Crippen molar-refractivity contribution in [1.29, 1.82) is 0 Å². The molecule has 0 amide bonds. The molecule has 132 valence electrons. The van der Waals surface area contributed by atoms with E-state index < -0.39 is 0 Å². The number of piperazine rings is 1. The highest BCUT2D eigenvalue weighted by atomic mass is 32.1. The minimum atomic E-state index is 0.306. The van der Waals surface area contributed by atoms with Crippen molar-refractivity contribution in [3.8, 4) is 0 Å². The van der Waals surface area contributed by atoms with Crippen LogP contribution in [-0.4, -0.2) is 42.3 Å². The van der Waals surface area contributed by atoms with Gasteiger partial charge in [-0.25, -0.2) is 0 Å². The quantitative estimate of drug-likeness (QED) is 0.624. The number of rotatable bonds is 5. The van der Waals surface area contributed by atoms with E-state index in [2.05, 4.69) is 93.2 Å². The zero-order chi connectivity index (χ0) is 17.6. The Bertz CT molecular complexity index is 768. The van der Waals surface area contributed by atoms with E-state index in [0.29, 0.717) is 6.04 Å². The van der Waals surface area contributed by atoms with Crippen molar-refractivity contribution < 1.29 is 0 Å². The summed E-state index contributed by atoms with van der Waals surface area (Å²) in [6, 6.07) is 26.1. The van der Waals surface area contributed by atoms with Crippen LogP contribution >= 0.6 is 11.3 Å². The number of hydrogen-bond donors (Lipinski definition) is 0. The lowest BCUT2D eigenvalue weighted by molar-refractivity contribution is 0.113. The SMILES string of the molecule is C(=NN1CCN(C(c2ccccc2)c2ccccc2)CC1)c1cccs1. The summed E-state index contributed by atoms with van der Waals surface area (Å²) in [7, 11) is 0. The van der Waals surface area contributed by atoms with Crippen LogP contribution in [0.25, 0.3) is 0 Å². The average molecular weight is 362 g/mol. The molecule has 0 saturated carbocycles. The molecule has 0 unspecified atom stereocenters. The molecule has 2 aromatic carbocycles. The molecule has 0 bridgehead atoms. The van der Waals surface area contributed by atoms with Gasteiger partial charge in [-0.1, -0.05) is 66.7 Å². The lowest BCUT2D eigenvalue weighted by Crippen LogP contribution is -2.45. The van der Waals surface area contributed by atoms with Crippen LogP contribution < -0.4 is 0 Å². The second-order valence-corrected chi connectivity index (χ2v) is 7.45. The van der Waals surface area contributed by atoms with Crippen molar-refractivity contribution in [1.82, 2.24) is 9.91 Å². The van der Waals surface area contributed by atoms with E-state index in [0.717, 1.165) is 26.2 Å². The van der Waals surface area contributed by atoms with Gasteiger partial charge in [-0.05, 0) is 22.6 Å². The molecule has 0 atom stereocenters. The maximum absolute atomic E-state index is 4.66. The Hall–Kier alpha value is -2.43. The van der Waals surface area contributed by atoms with Gasteiger partial charge < -0.3 is 0 Å². The Morgan fingerprint density at radius 3 is 1.92 bits per heavy atom. The van der Waals surface area contributed by atoms with Crippen molar-refractivity contribution >= 4 is 17.6 Å². The fourth-order valence-electron chi connectivity index (χ4n) is 3.47. The van der Waals surface area contributed by atoms with E-state index in [9.17, 15) is 0 Å². The summed E-state index contributed by atoms with van der Waals surface area (Å²) in [5, 5.41) is 8.93. The molecule has 1 aromatic heterocycles. The van der Waals surface area contributed by atoms with Crippen molar-refractivity contribution in [2.45, 2.75) is 6.04 Å². The summed E-state index contributed by atoms with van der Waals surface area (Å²) in [5.74, 6) is 0. The number of hydrogen-bond acceptors (Lipinski definition) is 4. The Morgan fingerprint density at radius 2 is 1.38 bits per heavy atom. The van der Waals surface area contributed by atoms with Crippen LogP contribution in [0.1, 0.15) is 22.0 Å². The van der Waals surface area contributed by atoms with Gasteiger partial charge in [-0.3, -0.25) is 9.91 Å². The molecule has 4 rings (SSSR count). The standard InChI is InChI=1S/C22H23N3S/c1-3-8-19(9-4-1)22(20-10-5-2-6-11-20)24-13-15-25(16-14-24)23-18-21-12-7-17-26-21/h1-12,17-18,22H,13-16H2. The number of thiophene rings is 1. The van der Waals surface area contributed by atoms with Gasteiger partial charge in [-0.2, -0.15) is 5.10 Å². The molecule has 0 aliphatic carbocycles. The third kappa shape index (κ3) is 4.03. The number of benzene rings is 2. The molecule has 26 heavy (non-hydrogen) atoms. The summed E-state index contributed by atoms with van der Waals surface area (Å²) >= 11 is 1.73. The van der Waals surface area contributed by atoms with E-state index in [-0.39, 0.29) is 0 Å². The first kappa shape index (κ1) is 17.0. The summed E-state index contributed by atoms with van der Waals surface area (Å²) in [6.45, 7) is 3.93. The van der Waals surface area contributed by atoms with E-state index in [1.54, 1.807) is 11.3 Å². The minimum Gasteiger partial charge on any atom is -0.294 e. The van der Waals surface area contributed by atoms with Crippen LogP contribution in [0.4, 0.5) is 0 Å². The second kappa shape index (κ2) is 8.30. The smallest absolute Gasteiger partial charge is 0.0642 e. The van der Waals surface area contributed by atoms with Gasteiger partial charge in [0, 0.05) is 31.1 Å². The molecule has 1 saturated heterocycles. The zero-order valence-corrected chi connectivity index (χ0v) is 15.6. The third-order valence-corrected chi connectivity index (χ3v) is 5.58. The monoisotopic (exact) mass is 361 g/mol. The molecule has 1 aliphatic rings.